The van der Waals surface area contributed by atoms with Crippen LogP contribution in [-0.4, -0.2) is 50.2 Å². The molecule has 0 amide bonds. The number of alkyl halides is 3. The molecule has 7 nitrogen and oxygen atoms in total. The van der Waals surface area contributed by atoms with Crippen molar-refractivity contribution < 1.29 is 26.3 Å². The molecule has 2 aliphatic heterocycles. The van der Waals surface area contributed by atoms with Gasteiger partial charge in [0.05, 0.1) is 0 Å². The molecule has 2 aromatic rings. The van der Waals surface area contributed by atoms with Crippen LogP contribution in [0.25, 0.3) is 0 Å². The smallest absolute Gasteiger partial charge is 0.406 e. The van der Waals surface area contributed by atoms with Crippen molar-refractivity contribution in [3.63, 3.8) is 0 Å². The maximum Gasteiger partial charge on any atom is 0.573 e. The van der Waals surface area contributed by atoms with Gasteiger partial charge in [-0.2, -0.15) is 4.31 Å². The Morgan fingerprint density at radius 2 is 1.68 bits per heavy atom. The zero-order valence-corrected chi connectivity index (χ0v) is 17.5. The molecular weight excluding hydrogens is 433 g/mol. The number of ether oxygens (including phenoxy) is 1. The Balaban J connectivity index is 1.39. The zero-order valence-electron chi connectivity index (χ0n) is 16.7. The summed E-state index contributed by atoms with van der Waals surface area (Å²) in [5, 5.41) is 0. The first kappa shape index (κ1) is 21.7. The third-order valence-corrected chi connectivity index (χ3v) is 8.02. The number of hydrogen-bond donors (Lipinski definition) is 1. The Hall–Kier alpha value is -2.53. The fraction of sp³-hybridized carbons (Fsp3) is 0.450. The maximum absolute atomic E-state index is 12.9. The average molecular weight is 456 g/mol. The van der Waals surface area contributed by atoms with Crippen LogP contribution in [0.2, 0.25) is 0 Å². The Kier molecular flexibility index (Phi) is 5.50. The van der Waals surface area contributed by atoms with Crippen molar-refractivity contribution >= 4 is 21.5 Å². The largest absolute Gasteiger partial charge is 0.573 e. The van der Waals surface area contributed by atoms with Crippen molar-refractivity contribution in [3.05, 3.63) is 42.6 Å². The topological polar surface area (TPSA) is 88.8 Å². The lowest BCUT2D eigenvalue weighted by atomic mass is 9.78. The summed E-state index contributed by atoms with van der Waals surface area (Å²) in [6.45, 7) is 2.28. The molecule has 0 bridgehead atoms. The van der Waals surface area contributed by atoms with Gasteiger partial charge in [0.15, 0.2) is 0 Å². The van der Waals surface area contributed by atoms with E-state index in [1.54, 1.807) is 18.2 Å². The number of hydrogen-bond acceptors (Lipinski definition) is 6. The van der Waals surface area contributed by atoms with Crippen LogP contribution in [0.15, 0.2) is 47.5 Å². The van der Waals surface area contributed by atoms with Gasteiger partial charge in [0.25, 0.3) is 0 Å². The van der Waals surface area contributed by atoms with Gasteiger partial charge in [-0.1, -0.05) is 0 Å². The predicted molar refractivity (Wildman–Crippen MR) is 109 cm³/mol. The molecule has 1 spiro atoms. The minimum atomic E-state index is -4.71. The van der Waals surface area contributed by atoms with Crippen molar-refractivity contribution in [2.45, 2.75) is 30.5 Å². The van der Waals surface area contributed by atoms with E-state index in [2.05, 4.69) is 14.6 Å². The van der Waals surface area contributed by atoms with Crippen LogP contribution < -0.4 is 15.4 Å². The van der Waals surface area contributed by atoms with Crippen LogP contribution in [-0.2, 0) is 10.0 Å². The van der Waals surface area contributed by atoms with Gasteiger partial charge in [-0.3, -0.25) is 0 Å². The zero-order chi connectivity index (χ0) is 22.3. The summed E-state index contributed by atoms with van der Waals surface area (Å²) in [5.41, 5.74) is 6.56. The molecular formula is C20H23F3N4O3S. The number of sulfonamides is 1. The Morgan fingerprint density at radius 1 is 1.03 bits per heavy atom. The fourth-order valence-corrected chi connectivity index (χ4v) is 5.89. The number of pyridine rings is 1. The highest BCUT2D eigenvalue weighted by Gasteiger charge is 2.43. The van der Waals surface area contributed by atoms with Crippen LogP contribution in [0.4, 0.5) is 24.7 Å². The van der Waals surface area contributed by atoms with Crippen LogP contribution >= 0.6 is 0 Å². The molecule has 168 valence electrons. The van der Waals surface area contributed by atoms with E-state index in [1.165, 1.54) is 28.7 Å². The first-order chi connectivity index (χ1) is 14.6. The standard InChI is InChI=1S/C20H23F3N4O3S/c21-20(22,23)30-16-5-3-15(4-6-16)26-11-7-19(14-26)8-12-27(13-9-19)31(28,29)17-2-1-10-25-18(17)24/h1-6,10H,7-9,11-14H2,(H2,24,25). The van der Waals surface area contributed by atoms with Gasteiger partial charge in [-0.05, 0) is 61.1 Å². The quantitative estimate of drug-likeness (QED) is 0.760. The van der Waals surface area contributed by atoms with E-state index in [1.807, 2.05) is 0 Å². The van der Waals surface area contributed by atoms with Crippen molar-refractivity contribution in [1.82, 2.24) is 9.29 Å². The Morgan fingerprint density at radius 3 is 2.29 bits per heavy atom. The van der Waals surface area contributed by atoms with E-state index in [4.69, 9.17) is 5.73 Å². The number of anilines is 2. The minimum Gasteiger partial charge on any atom is -0.406 e. The Bertz CT molecular complexity index is 1040. The third kappa shape index (κ3) is 4.57. The summed E-state index contributed by atoms with van der Waals surface area (Å²) in [7, 11) is -3.70. The van der Waals surface area contributed by atoms with Crippen LogP contribution in [0.5, 0.6) is 5.75 Å². The molecule has 0 radical (unpaired) electrons. The number of piperidine rings is 1. The molecule has 2 fully saturated rings. The van der Waals surface area contributed by atoms with E-state index in [0.29, 0.717) is 25.9 Å². The molecule has 2 N–H and O–H groups in total. The van der Waals surface area contributed by atoms with Gasteiger partial charge in [0, 0.05) is 38.1 Å². The van der Waals surface area contributed by atoms with E-state index in [0.717, 1.165) is 25.2 Å². The van der Waals surface area contributed by atoms with Crippen LogP contribution in [0.1, 0.15) is 19.3 Å². The van der Waals surface area contributed by atoms with Gasteiger partial charge in [-0.15, -0.1) is 13.2 Å². The molecule has 0 unspecified atom stereocenters. The Labute approximate surface area is 178 Å². The molecule has 31 heavy (non-hydrogen) atoms. The molecule has 4 rings (SSSR count). The van der Waals surface area contributed by atoms with Crippen LogP contribution in [0.3, 0.4) is 0 Å². The van der Waals surface area contributed by atoms with Crippen molar-refractivity contribution in [2.75, 3.05) is 36.8 Å². The van der Waals surface area contributed by atoms with Crippen molar-refractivity contribution in [3.8, 4) is 5.75 Å². The molecule has 1 aromatic heterocycles. The lowest BCUT2D eigenvalue weighted by Gasteiger charge is -2.38. The second kappa shape index (κ2) is 7.86. The average Bonchev–Trinajstić information content (AvgIpc) is 3.11. The number of nitrogens with two attached hydrogens (primary N) is 1. The van der Waals surface area contributed by atoms with Crippen molar-refractivity contribution in [2.24, 2.45) is 5.41 Å². The fourth-order valence-electron chi connectivity index (χ4n) is 4.38. The number of aromatic nitrogens is 1. The molecule has 0 saturated carbocycles. The summed E-state index contributed by atoms with van der Waals surface area (Å²) in [6.07, 6.45) is -0.949. The third-order valence-electron chi connectivity index (χ3n) is 6.07. The molecule has 0 atom stereocenters. The summed E-state index contributed by atoms with van der Waals surface area (Å²) in [5.74, 6) is -0.258. The summed E-state index contributed by atoms with van der Waals surface area (Å²) >= 11 is 0. The second-order valence-corrected chi connectivity index (χ2v) is 9.91. The number of rotatable bonds is 4. The molecule has 0 aliphatic carbocycles. The minimum absolute atomic E-state index is 0.00669. The number of nitrogen functional groups attached to an aromatic ring is 1. The predicted octanol–water partition coefficient (Wildman–Crippen LogP) is 3.24. The first-order valence-corrected chi connectivity index (χ1v) is 11.3. The highest BCUT2D eigenvalue weighted by Crippen LogP contribution is 2.43. The highest BCUT2D eigenvalue weighted by atomic mass is 32.2. The number of benzene rings is 1. The van der Waals surface area contributed by atoms with Gasteiger partial charge >= 0.3 is 6.36 Å². The SMILES string of the molecule is Nc1ncccc1S(=O)(=O)N1CCC2(CCN(c3ccc(OC(F)(F)F)cc3)C2)CC1. The number of nitrogens with zero attached hydrogens (tertiary/aromatic N) is 3. The van der Waals surface area contributed by atoms with Gasteiger partial charge < -0.3 is 15.4 Å². The highest BCUT2D eigenvalue weighted by molar-refractivity contribution is 7.89. The van der Waals surface area contributed by atoms with E-state index < -0.39 is 16.4 Å². The van der Waals surface area contributed by atoms with Gasteiger partial charge in [0.1, 0.15) is 16.5 Å². The lowest BCUT2D eigenvalue weighted by molar-refractivity contribution is -0.274. The second-order valence-electron chi connectivity index (χ2n) is 8.00. The molecule has 3 heterocycles. The molecule has 2 saturated heterocycles. The maximum atomic E-state index is 12.9. The molecule has 2 aliphatic rings. The van der Waals surface area contributed by atoms with Gasteiger partial charge in [-0.25, -0.2) is 13.4 Å². The van der Waals surface area contributed by atoms with E-state index in [-0.39, 0.29) is 21.9 Å². The lowest BCUT2D eigenvalue weighted by Crippen LogP contribution is -2.44. The summed E-state index contributed by atoms with van der Waals surface area (Å²) in [4.78, 5) is 6.03. The van der Waals surface area contributed by atoms with E-state index >= 15 is 0 Å². The van der Waals surface area contributed by atoms with Crippen LogP contribution in [0, 0.1) is 5.41 Å². The summed E-state index contributed by atoms with van der Waals surface area (Å²) in [6, 6.07) is 8.86. The first-order valence-electron chi connectivity index (χ1n) is 9.90. The monoisotopic (exact) mass is 456 g/mol. The summed E-state index contributed by atoms with van der Waals surface area (Å²) < 4.78 is 68.3. The van der Waals surface area contributed by atoms with E-state index in [9.17, 15) is 21.6 Å². The normalized spacial score (nSPS) is 19.6. The molecule has 11 heteroatoms. The van der Waals surface area contributed by atoms with Crippen molar-refractivity contribution in [1.29, 1.82) is 0 Å². The number of halogens is 3. The van der Waals surface area contributed by atoms with Gasteiger partial charge in [0.2, 0.25) is 10.0 Å². The molecule has 1 aromatic carbocycles.